The Kier molecular flexibility index (Phi) is 13.7. The van der Waals surface area contributed by atoms with Gasteiger partial charge in [0, 0.05) is 5.56 Å². The summed E-state index contributed by atoms with van der Waals surface area (Å²) >= 11 is 0. The molecule has 1 saturated carbocycles. The van der Waals surface area contributed by atoms with Crippen molar-refractivity contribution in [2.75, 3.05) is 6.61 Å². The van der Waals surface area contributed by atoms with Gasteiger partial charge < -0.3 is 14.3 Å². The van der Waals surface area contributed by atoms with Crippen LogP contribution in [0.4, 0.5) is 9.18 Å². The molecule has 0 spiro atoms. The first-order chi connectivity index (χ1) is 16.6. The molecule has 0 unspecified atom stereocenters. The monoisotopic (exact) mass is 481 g/mol. The quantitative estimate of drug-likeness (QED) is 0.180. The minimum Gasteiger partial charge on any atom is -0.461 e. The molecule has 0 atom stereocenters. The maximum absolute atomic E-state index is 15.0. The van der Waals surface area contributed by atoms with E-state index in [4.69, 9.17) is 14.3 Å². The average molecular weight is 482 g/mol. The zero-order valence-corrected chi connectivity index (χ0v) is 21.2. The van der Waals surface area contributed by atoms with Gasteiger partial charge in [-0.05, 0) is 45.4 Å². The minimum absolute atomic E-state index is 0.101. The molecule has 0 N–H and O–H groups in total. The number of hydrogen-bond acceptors (Lipinski definition) is 5. The Balaban J connectivity index is 1.80. The summed E-state index contributed by atoms with van der Waals surface area (Å²) < 4.78 is 26.2. The van der Waals surface area contributed by atoms with Crippen LogP contribution in [-0.4, -0.2) is 29.6 Å². The Labute approximate surface area is 204 Å². The first kappa shape index (κ1) is 28.2. The first-order valence-corrected chi connectivity index (χ1v) is 13.5. The third-order valence-corrected chi connectivity index (χ3v) is 6.49. The van der Waals surface area contributed by atoms with Gasteiger partial charge >= 0.3 is 12.1 Å². The number of carbonyl (C=O) groups excluding carboxylic acids is 2. The topological polar surface area (TPSA) is 66.8 Å². The number of unbranched alkanes of at least 4 members (excludes halogenated alkanes) is 10. The van der Waals surface area contributed by atoms with E-state index in [1.165, 1.54) is 57.6 Å². The van der Waals surface area contributed by atoms with Crippen molar-refractivity contribution in [1.29, 1.82) is 0 Å². The maximum Gasteiger partial charge on any atom is 0.534 e. The molecule has 7 heteroatoms. The molecular weight excluding hydrogens is 437 g/mol. The van der Waals surface area contributed by atoms with Crippen LogP contribution in [0.1, 0.15) is 133 Å². The molecule has 1 heterocycles. The van der Waals surface area contributed by atoms with Crippen molar-refractivity contribution in [3.8, 4) is 0 Å². The molecule has 1 aliphatic carbocycles. The zero-order valence-electron chi connectivity index (χ0n) is 21.2. The number of halogens is 1. The van der Waals surface area contributed by atoms with Gasteiger partial charge in [0.05, 0.1) is 12.8 Å². The number of carbonyl (C=O) groups is 2. The summed E-state index contributed by atoms with van der Waals surface area (Å²) in [5.41, 5.74) is -0.0371. The van der Waals surface area contributed by atoms with Crippen molar-refractivity contribution >= 4 is 12.1 Å². The molecule has 1 aromatic heterocycles. The van der Waals surface area contributed by atoms with Crippen LogP contribution in [0, 0.1) is 5.82 Å². The number of hydrogen-bond donors (Lipinski definition) is 0. The fourth-order valence-electron chi connectivity index (χ4n) is 4.54. The van der Waals surface area contributed by atoms with Gasteiger partial charge in [-0.1, -0.05) is 77.6 Å². The van der Waals surface area contributed by atoms with Gasteiger partial charge in [-0.25, -0.2) is 14.0 Å². The number of aromatic nitrogens is 1. The highest BCUT2D eigenvalue weighted by Gasteiger charge is 2.27. The molecule has 1 aromatic rings. The second-order valence-corrected chi connectivity index (χ2v) is 9.37. The Hall–Kier alpha value is -2.05. The van der Waals surface area contributed by atoms with E-state index in [0.29, 0.717) is 12.0 Å². The van der Waals surface area contributed by atoms with E-state index < -0.39 is 17.9 Å². The SMILES string of the molecule is CCCCCCCCCCCCCc1cn(OC(=O)OC2CCCCC2)c(C(=O)OCC)c1F. The number of nitrogens with zero attached hydrogens (tertiary/aromatic N) is 1. The molecular formula is C27H44FNO5. The van der Waals surface area contributed by atoms with E-state index in [1.807, 2.05) is 0 Å². The molecule has 0 aromatic carbocycles. The van der Waals surface area contributed by atoms with Crippen LogP contribution in [0.15, 0.2) is 6.20 Å². The van der Waals surface area contributed by atoms with E-state index in [0.717, 1.165) is 56.1 Å². The summed E-state index contributed by atoms with van der Waals surface area (Å²) in [5.74, 6) is -1.54. The maximum atomic E-state index is 15.0. The summed E-state index contributed by atoms with van der Waals surface area (Å²) in [4.78, 5) is 29.8. The van der Waals surface area contributed by atoms with Crippen molar-refractivity contribution in [1.82, 2.24) is 4.73 Å². The second kappa shape index (κ2) is 16.6. The molecule has 0 bridgehead atoms. The Morgan fingerprint density at radius 3 is 2.09 bits per heavy atom. The lowest BCUT2D eigenvalue weighted by Gasteiger charge is -2.21. The third kappa shape index (κ3) is 10.1. The number of rotatable bonds is 16. The van der Waals surface area contributed by atoms with Crippen LogP contribution >= 0.6 is 0 Å². The number of aryl methyl sites for hydroxylation is 1. The summed E-state index contributed by atoms with van der Waals surface area (Å²) in [6.45, 7) is 3.98. The van der Waals surface area contributed by atoms with Gasteiger partial charge in [0.1, 0.15) is 6.10 Å². The van der Waals surface area contributed by atoms with Crippen molar-refractivity contribution in [2.45, 2.75) is 129 Å². The second-order valence-electron chi connectivity index (χ2n) is 9.37. The Morgan fingerprint density at radius 2 is 1.50 bits per heavy atom. The molecule has 194 valence electrons. The van der Waals surface area contributed by atoms with Crippen LogP contribution in [0.2, 0.25) is 0 Å². The van der Waals surface area contributed by atoms with Gasteiger partial charge in [-0.15, -0.1) is 0 Å². The highest BCUT2D eigenvalue weighted by atomic mass is 19.1. The van der Waals surface area contributed by atoms with Crippen LogP contribution < -0.4 is 4.84 Å². The summed E-state index contributed by atoms with van der Waals surface area (Å²) in [7, 11) is 0. The standard InChI is InChI=1S/C27H44FNO5/c1-3-5-6-7-8-9-10-11-12-13-15-18-22-21-29(25(24(22)28)26(30)32-4-2)34-27(31)33-23-19-16-14-17-20-23/h21,23H,3-20H2,1-2H3. The van der Waals surface area contributed by atoms with Crippen molar-refractivity contribution in [2.24, 2.45) is 0 Å². The summed E-state index contributed by atoms with van der Waals surface area (Å²) in [5, 5.41) is 0. The average Bonchev–Trinajstić information content (AvgIpc) is 3.12. The fourth-order valence-corrected chi connectivity index (χ4v) is 4.54. The van der Waals surface area contributed by atoms with Crippen LogP contribution in [0.3, 0.4) is 0 Å². The normalized spacial score (nSPS) is 14.2. The van der Waals surface area contributed by atoms with Gasteiger partial charge in [-0.3, -0.25) is 0 Å². The summed E-state index contributed by atoms with van der Waals surface area (Å²) in [6, 6.07) is 0. The van der Waals surface area contributed by atoms with Crippen molar-refractivity contribution < 1.29 is 28.3 Å². The first-order valence-electron chi connectivity index (χ1n) is 13.5. The third-order valence-electron chi connectivity index (χ3n) is 6.49. The number of esters is 1. The fraction of sp³-hybridized carbons (Fsp3) is 0.778. The Bertz CT molecular complexity index is 727. The predicted octanol–water partition coefficient (Wildman–Crippen LogP) is 7.56. The molecule has 0 aliphatic heterocycles. The van der Waals surface area contributed by atoms with Crippen molar-refractivity contribution in [3.63, 3.8) is 0 Å². The molecule has 1 fully saturated rings. The van der Waals surface area contributed by atoms with E-state index >= 15 is 4.39 Å². The van der Waals surface area contributed by atoms with Gasteiger partial charge in [0.15, 0.2) is 5.82 Å². The molecule has 34 heavy (non-hydrogen) atoms. The highest BCUT2D eigenvalue weighted by Crippen LogP contribution is 2.22. The molecule has 1 aliphatic rings. The van der Waals surface area contributed by atoms with Gasteiger partial charge in [0.2, 0.25) is 5.69 Å². The van der Waals surface area contributed by atoms with E-state index in [9.17, 15) is 9.59 Å². The van der Waals surface area contributed by atoms with Crippen molar-refractivity contribution in [3.05, 3.63) is 23.3 Å². The lowest BCUT2D eigenvalue weighted by atomic mass is 9.98. The smallest absolute Gasteiger partial charge is 0.461 e. The molecule has 6 nitrogen and oxygen atoms in total. The van der Waals surface area contributed by atoms with E-state index in [-0.39, 0.29) is 18.4 Å². The minimum atomic E-state index is -0.923. The summed E-state index contributed by atoms with van der Waals surface area (Å²) in [6.07, 6.45) is 18.8. The zero-order chi connectivity index (χ0) is 24.6. The van der Waals surface area contributed by atoms with E-state index in [2.05, 4.69) is 6.92 Å². The Morgan fingerprint density at radius 1 is 0.912 bits per heavy atom. The van der Waals surface area contributed by atoms with Gasteiger partial charge in [0.25, 0.3) is 0 Å². The molecule has 2 rings (SSSR count). The number of ether oxygens (including phenoxy) is 2. The molecule has 0 amide bonds. The van der Waals surface area contributed by atoms with Gasteiger partial charge in [-0.2, -0.15) is 4.73 Å². The molecule has 0 saturated heterocycles. The van der Waals surface area contributed by atoms with Crippen LogP contribution in [0.5, 0.6) is 0 Å². The van der Waals surface area contributed by atoms with Crippen LogP contribution in [-0.2, 0) is 15.9 Å². The highest BCUT2D eigenvalue weighted by molar-refractivity contribution is 5.88. The largest absolute Gasteiger partial charge is 0.534 e. The van der Waals surface area contributed by atoms with E-state index in [1.54, 1.807) is 6.92 Å². The lowest BCUT2D eigenvalue weighted by molar-refractivity contribution is 0.00367. The van der Waals surface area contributed by atoms with Crippen LogP contribution in [0.25, 0.3) is 0 Å². The molecule has 0 radical (unpaired) electrons. The lowest BCUT2D eigenvalue weighted by Crippen LogP contribution is -2.29. The predicted molar refractivity (Wildman–Crippen MR) is 130 cm³/mol.